The van der Waals surface area contributed by atoms with Gasteiger partial charge in [0.2, 0.25) is 5.95 Å². The molecule has 164 valence electrons. The minimum atomic E-state index is -4.61. The van der Waals surface area contributed by atoms with Crippen LogP contribution < -0.4 is 26.3 Å². The van der Waals surface area contributed by atoms with Crippen molar-refractivity contribution in [2.24, 2.45) is 5.73 Å². The molecule has 0 fully saturated rings. The Labute approximate surface area is 172 Å². The van der Waals surface area contributed by atoms with Crippen LogP contribution in [0.3, 0.4) is 0 Å². The Bertz CT molecular complexity index is 988. The van der Waals surface area contributed by atoms with Gasteiger partial charge in [-0.3, -0.25) is 10.4 Å². The Kier molecular flexibility index (Phi) is 6.09. The Balaban J connectivity index is 2.10. The van der Waals surface area contributed by atoms with E-state index in [2.05, 4.69) is 10.3 Å². The minimum Gasteiger partial charge on any atom is -0.493 e. The molecule has 7 nitrogen and oxygen atoms in total. The van der Waals surface area contributed by atoms with E-state index in [1.54, 1.807) is 0 Å². The van der Waals surface area contributed by atoms with E-state index in [4.69, 9.17) is 27.5 Å². The Morgan fingerprint density at radius 1 is 1.30 bits per heavy atom. The van der Waals surface area contributed by atoms with E-state index < -0.39 is 45.6 Å². The number of nitrogens with two attached hydrogens (primary N) is 1. The van der Waals surface area contributed by atoms with Crippen molar-refractivity contribution in [1.82, 2.24) is 9.66 Å². The van der Waals surface area contributed by atoms with Crippen molar-refractivity contribution in [3.8, 4) is 16.9 Å². The van der Waals surface area contributed by atoms with Crippen LogP contribution in [0.25, 0.3) is 11.1 Å². The van der Waals surface area contributed by atoms with Gasteiger partial charge in [0.05, 0.1) is 17.7 Å². The highest BCUT2D eigenvalue weighted by molar-refractivity contribution is 6.32. The largest absolute Gasteiger partial charge is 0.493 e. The molecule has 4 N–H and O–H groups in total. The summed E-state index contributed by atoms with van der Waals surface area (Å²) in [4.78, 5) is 3.88. The molecule has 0 amide bonds. The first-order valence-electron chi connectivity index (χ1n) is 8.83. The highest BCUT2D eigenvalue weighted by Crippen LogP contribution is 2.33. The van der Waals surface area contributed by atoms with E-state index in [1.807, 2.05) is 0 Å². The Morgan fingerprint density at radius 3 is 2.50 bits per heavy atom. The number of nitrogens with zero attached hydrogens (tertiary/aromatic N) is 3. The predicted molar refractivity (Wildman–Crippen MR) is 99.8 cm³/mol. The van der Waals surface area contributed by atoms with Gasteiger partial charge in [-0.15, -0.1) is 0 Å². The van der Waals surface area contributed by atoms with Gasteiger partial charge in [0, 0.05) is 12.1 Å². The van der Waals surface area contributed by atoms with Crippen LogP contribution in [-0.4, -0.2) is 41.7 Å². The highest BCUT2D eigenvalue weighted by Gasteiger charge is 2.43. The van der Waals surface area contributed by atoms with Gasteiger partial charge in [-0.1, -0.05) is 11.6 Å². The first kappa shape index (κ1) is 22.1. The van der Waals surface area contributed by atoms with Crippen molar-refractivity contribution in [1.29, 1.82) is 5.41 Å². The summed E-state index contributed by atoms with van der Waals surface area (Å²) in [5.74, 6) is -2.44. The second-order valence-corrected chi connectivity index (χ2v) is 6.86. The lowest BCUT2D eigenvalue weighted by Crippen LogP contribution is -2.51. The smallest absolute Gasteiger partial charge is 0.410 e. The number of fused-ring (bicyclic) bond motifs is 1. The van der Waals surface area contributed by atoms with Crippen LogP contribution in [0.15, 0.2) is 12.1 Å². The summed E-state index contributed by atoms with van der Waals surface area (Å²) in [6.07, 6.45) is -4.14. The molecule has 0 aliphatic carbocycles. The van der Waals surface area contributed by atoms with E-state index in [0.717, 1.165) is 28.7 Å². The Hall–Kier alpha value is -2.60. The van der Waals surface area contributed by atoms with Crippen molar-refractivity contribution in [3.05, 3.63) is 34.4 Å². The van der Waals surface area contributed by atoms with Crippen molar-refractivity contribution in [2.75, 3.05) is 30.1 Å². The number of rotatable bonds is 6. The minimum absolute atomic E-state index is 0.0967. The third-order valence-electron chi connectivity index (χ3n) is 4.52. The highest BCUT2D eigenvalue weighted by atomic mass is 35.5. The molecule has 1 aromatic heterocycles. The fourth-order valence-electron chi connectivity index (χ4n) is 2.94. The van der Waals surface area contributed by atoms with Crippen LogP contribution in [0.4, 0.5) is 27.9 Å². The van der Waals surface area contributed by atoms with E-state index >= 15 is 0 Å². The maximum Gasteiger partial charge on any atom is 0.410 e. The first-order valence-corrected chi connectivity index (χ1v) is 9.21. The third kappa shape index (κ3) is 4.01. The summed E-state index contributed by atoms with van der Waals surface area (Å²) in [5, 5.41) is 11.2. The quantitative estimate of drug-likeness (QED) is 0.356. The van der Waals surface area contributed by atoms with E-state index in [1.165, 1.54) is 0 Å². The molecule has 0 saturated heterocycles. The molecule has 2 heterocycles. The summed E-state index contributed by atoms with van der Waals surface area (Å²) in [6.45, 7) is 1.05. The zero-order chi connectivity index (χ0) is 22.2. The summed E-state index contributed by atoms with van der Waals surface area (Å²) in [6, 6.07) is -0.197. The molecule has 1 aromatic carbocycles. The van der Waals surface area contributed by atoms with Crippen molar-refractivity contribution >= 4 is 17.5 Å². The van der Waals surface area contributed by atoms with Gasteiger partial charge < -0.3 is 15.8 Å². The van der Waals surface area contributed by atoms with E-state index in [9.17, 15) is 22.0 Å². The number of benzene rings is 1. The maximum atomic E-state index is 14.7. The van der Waals surface area contributed by atoms with Crippen LogP contribution >= 0.6 is 11.6 Å². The molecule has 30 heavy (non-hydrogen) atoms. The molecule has 3 rings (SSSR count). The van der Waals surface area contributed by atoms with Gasteiger partial charge in [-0.05, 0) is 19.9 Å². The molecule has 1 atom stereocenters. The molecule has 1 unspecified atom stereocenters. The fourth-order valence-corrected chi connectivity index (χ4v) is 3.20. The lowest BCUT2D eigenvalue weighted by Gasteiger charge is -2.29. The molecular formula is C17H18ClF5N6O. The number of nitrogens with one attached hydrogen (secondary N) is 2. The molecule has 2 aromatic rings. The summed E-state index contributed by atoms with van der Waals surface area (Å²) in [7, 11) is 0. The van der Waals surface area contributed by atoms with Crippen molar-refractivity contribution in [3.63, 3.8) is 0 Å². The average Bonchev–Trinajstić information content (AvgIpc) is 3.06. The van der Waals surface area contributed by atoms with Crippen LogP contribution in [0.2, 0.25) is 5.15 Å². The van der Waals surface area contributed by atoms with Crippen LogP contribution in [0.1, 0.15) is 13.3 Å². The van der Waals surface area contributed by atoms with Crippen molar-refractivity contribution < 1.29 is 26.7 Å². The average molecular weight is 453 g/mol. The number of hydrogen-bond donors (Lipinski definition) is 3. The zero-order valence-electron chi connectivity index (χ0n) is 15.7. The zero-order valence-corrected chi connectivity index (χ0v) is 16.4. The second kappa shape index (κ2) is 8.26. The topological polar surface area (TPSA) is 92.2 Å². The molecule has 0 bridgehead atoms. The van der Waals surface area contributed by atoms with Gasteiger partial charge in [0.25, 0.3) is 0 Å². The SMILES string of the molecule is CC(N1CNc2nc(Cl)c(-c3c(F)cc(OCCCN)cc3F)c(=N)n21)C(F)(F)F. The lowest BCUT2D eigenvalue weighted by molar-refractivity contribution is -0.148. The number of anilines is 1. The van der Waals surface area contributed by atoms with Gasteiger partial charge in [0.1, 0.15) is 35.2 Å². The lowest BCUT2D eigenvalue weighted by atomic mass is 10.1. The standard InChI is InChI=1S/C17H18ClF5N6O/c1-8(17(21,22)23)28-7-26-16-27-14(18)13(15(25)29(16)28)12-10(19)5-9(6-11(12)20)30-4-2-3-24/h5-6,8,25H,2-4,7,24H2,1H3,(H,26,27). The maximum absolute atomic E-state index is 14.7. The molecule has 13 heteroatoms. The molecule has 1 aliphatic heterocycles. The molecule has 0 radical (unpaired) electrons. The predicted octanol–water partition coefficient (Wildman–Crippen LogP) is 2.96. The van der Waals surface area contributed by atoms with Gasteiger partial charge in [0.15, 0.2) is 5.49 Å². The summed E-state index contributed by atoms with van der Waals surface area (Å²) >= 11 is 6.05. The van der Waals surface area contributed by atoms with Crippen molar-refractivity contribution in [2.45, 2.75) is 25.6 Å². The van der Waals surface area contributed by atoms with Gasteiger partial charge in [-0.25, -0.2) is 18.4 Å². The number of ether oxygens (including phenoxy) is 1. The first-order chi connectivity index (χ1) is 14.1. The number of halogens is 6. The third-order valence-corrected chi connectivity index (χ3v) is 4.79. The molecule has 0 saturated carbocycles. The van der Waals surface area contributed by atoms with Crippen LogP contribution in [0.5, 0.6) is 5.75 Å². The van der Waals surface area contributed by atoms with E-state index in [0.29, 0.717) is 13.0 Å². The molecule has 1 aliphatic rings. The number of hydrogen-bond acceptors (Lipinski definition) is 6. The van der Waals surface area contributed by atoms with Gasteiger partial charge >= 0.3 is 6.18 Å². The fraction of sp³-hybridized carbons (Fsp3) is 0.412. The second-order valence-electron chi connectivity index (χ2n) is 6.51. The molecule has 0 spiro atoms. The van der Waals surface area contributed by atoms with Crippen LogP contribution in [0, 0.1) is 17.0 Å². The summed E-state index contributed by atoms with van der Waals surface area (Å²) < 4.78 is 75.1. The van der Waals surface area contributed by atoms with Gasteiger partial charge in [-0.2, -0.15) is 13.2 Å². The number of aromatic nitrogens is 2. The van der Waals surface area contributed by atoms with E-state index in [-0.39, 0.29) is 25.0 Å². The molecular weight excluding hydrogens is 435 g/mol. The van der Waals surface area contributed by atoms with Crippen LogP contribution in [-0.2, 0) is 0 Å². The summed E-state index contributed by atoms with van der Waals surface area (Å²) in [5.41, 5.74) is 3.52. The number of alkyl halides is 3. The normalized spacial score (nSPS) is 14.5. The monoisotopic (exact) mass is 452 g/mol. The Morgan fingerprint density at radius 2 is 1.93 bits per heavy atom.